The third kappa shape index (κ3) is 2.06. The predicted octanol–water partition coefficient (Wildman–Crippen LogP) is 2.60. The number of nitrogens with zero attached hydrogens (tertiary/aromatic N) is 2. The van der Waals surface area contributed by atoms with Gasteiger partial charge in [-0.25, -0.2) is 9.18 Å². The first kappa shape index (κ1) is 11.7. The van der Waals surface area contributed by atoms with Crippen LogP contribution in [0.25, 0.3) is 10.9 Å². The largest absolute Gasteiger partial charge is 0.461 e. The third-order valence-electron chi connectivity index (χ3n) is 2.15. The van der Waals surface area contributed by atoms with E-state index in [-0.39, 0.29) is 22.8 Å². The number of halogens is 2. The molecule has 0 aliphatic carbocycles. The van der Waals surface area contributed by atoms with E-state index in [4.69, 9.17) is 16.3 Å². The molecule has 0 atom stereocenters. The molecule has 1 heterocycles. The molecule has 0 bridgehead atoms. The van der Waals surface area contributed by atoms with Crippen molar-refractivity contribution < 1.29 is 13.9 Å². The van der Waals surface area contributed by atoms with E-state index in [1.54, 1.807) is 13.0 Å². The SMILES string of the molecule is CCOC(=O)c1nnc2c(F)cccc2c1Cl. The number of aromatic nitrogens is 2. The summed E-state index contributed by atoms with van der Waals surface area (Å²) in [5.41, 5.74) is -0.0721. The second kappa shape index (κ2) is 4.63. The molecule has 4 nitrogen and oxygen atoms in total. The summed E-state index contributed by atoms with van der Waals surface area (Å²) in [7, 11) is 0. The quantitative estimate of drug-likeness (QED) is 0.773. The van der Waals surface area contributed by atoms with Crippen molar-refractivity contribution in [2.45, 2.75) is 6.92 Å². The van der Waals surface area contributed by atoms with Crippen molar-refractivity contribution in [3.8, 4) is 0 Å². The minimum absolute atomic E-state index is 0.0329. The van der Waals surface area contributed by atoms with Crippen LogP contribution in [0.4, 0.5) is 4.39 Å². The minimum Gasteiger partial charge on any atom is -0.461 e. The van der Waals surface area contributed by atoms with Gasteiger partial charge in [0, 0.05) is 5.39 Å². The summed E-state index contributed by atoms with van der Waals surface area (Å²) in [5.74, 6) is -1.21. The lowest BCUT2D eigenvalue weighted by Crippen LogP contribution is -2.09. The Bertz CT molecular complexity index is 589. The fourth-order valence-electron chi connectivity index (χ4n) is 1.40. The molecule has 6 heteroatoms. The predicted molar refractivity (Wildman–Crippen MR) is 60.5 cm³/mol. The second-order valence-electron chi connectivity index (χ2n) is 3.22. The monoisotopic (exact) mass is 254 g/mol. The maximum atomic E-state index is 13.4. The normalized spacial score (nSPS) is 10.5. The smallest absolute Gasteiger partial charge is 0.360 e. The molecule has 2 rings (SSSR count). The van der Waals surface area contributed by atoms with Crippen LogP contribution in [0.2, 0.25) is 5.02 Å². The van der Waals surface area contributed by atoms with Crippen molar-refractivity contribution in [1.29, 1.82) is 0 Å². The molecule has 1 aromatic carbocycles. The van der Waals surface area contributed by atoms with Gasteiger partial charge in [0.15, 0.2) is 11.5 Å². The zero-order chi connectivity index (χ0) is 12.4. The van der Waals surface area contributed by atoms with Gasteiger partial charge in [-0.2, -0.15) is 0 Å². The van der Waals surface area contributed by atoms with Crippen molar-refractivity contribution >= 4 is 28.5 Å². The highest BCUT2D eigenvalue weighted by Crippen LogP contribution is 2.25. The lowest BCUT2D eigenvalue weighted by Gasteiger charge is -2.05. The summed E-state index contributed by atoms with van der Waals surface area (Å²) in [6.45, 7) is 1.87. The molecule has 0 spiro atoms. The van der Waals surface area contributed by atoms with Crippen LogP contribution in [0, 0.1) is 5.82 Å². The number of hydrogen-bond donors (Lipinski definition) is 0. The van der Waals surface area contributed by atoms with Crippen LogP contribution in [0.15, 0.2) is 18.2 Å². The van der Waals surface area contributed by atoms with E-state index in [2.05, 4.69) is 10.2 Å². The second-order valence-corrected chi connectivity index (χ2v) is 3.60. The first-order valence-corrected chi connectivity index (χ1v) is 5.30. The fraction of sp³-hybridized carbons (Fsp3) is 0.182. The lowest BCUT2D eigenvalue weighted by atomic mass is 10.2. The molecule has 0 saturated carbocycles. The number of hydrogen-bond acceptors (Lipinski definition) is 4. The Labute approximate surface area is 101 Å². The molecule has 0 aliphatic rings. The lowest BCUT2D eigenvalue weighted by molar-refractivity contribution is 0.0518. The van der Waals surface area contributed by atoms with Crippen LogP contribution < -0.4 is 0 Å². The number of esters is 1. The molecule has 0 N–H and O–H groups in total. The van der Waals surface area contributed by atoms with Crippen LogP contribution in [0.3, 0.4) is 0 Å². The fourth-order valence-corrected chi connectivity index (χ4v) is 1.66. The highest BCUT2D eigenvalue weighted by atomic mass is 35.5. The van der Waals surface area contributed by atoms with E-state index < -0.39 is 11.8 Å². The minimum atomic E-state index is -0.670. The van der Waals surface area contributed by atoms with E-state index in [1.807, 2.05) is 0 Å². The van der Waals surface area contributed by atoms with Gasteiger partial charge in [0.1, 0.15) is 5.52 Å². The highest BCUT2D eigenvalue weighted by molar-refractivity contribution is 6.37. The molecule has 1 aromatic heterocycles. The van der Waals surface area contributed by atoms with Gasteiger partial charge < -0.3 is 4.74 Å². The Kier molecular flexibility index (Phi) is 3.19. The average molecular weight is 255 g/mol. The van der Waals surface area contributed by atoms with Gasteiger partial charge in [0.05, 0.1) is 11.6 Å². The Morgan fingerprint density at radius 2 is 2.24 bits per heavy atom. The maximum absolute atomic E-state index is 13.4. The molecule has 88 valence electrons. The molecular weight excluding hydrogens is 247 g/mol. The molecule has 0 aliphatic heterocycles. The average Bonchev–Trinajstić information content (AvgIpc) is 2.31. The summed E-state index contributed by atoms with van der Waals surface area (Å²) in [6, 6.07) is 4.30. The summed E-state index contributed by atoms with van der Waals surface area (Å²) in [6.07, 6.45) is 0. The zero-order valence-corrected chi connectivity index (χ0v) is 9.66. The Hall–Kier alpha value is -1.75. The van der Waals surface area contributed by atoms with Crippen LogP contribution >= 0.6 is 11.6 Å². The van der Waals surface area contributed by atoms with Gasteiger partial charge >= 0.3 is 5.97 Å². The first-order valence-electron chi connectivity index (χ1n) is 4.92. The zero-order valence-electron chi connectivity index (χ0n) is 8.91. The Balaban J connectivity index is 2.62. The number of carbonyl (C=O) groups excluding carboxylic acids is 1. The number of ether oxygens (including phenoxy) is 1. The van der Waals surface area contributed by atoms with Gasteiger partial charge in [0.2, 0.25) is 0 Å². The van der Waals surface area contributed by atoms with E-state index in [0.29, 0.717) is 5.39 Å². The first-order chi connectivity index (χ1) is 8.15. The van der Waals surface area contributed by atoms with Crippen LogP contribution in [0.5, 0.6) is 0 Å². The van der Waals surface area contributed by atoms with E-state index in [9.17, 15) is 9.18 Å². The standard InChI is InChI=1S/C11H8ClFN2O2/c1-2-17-11(16)10-8(12)6-4-3-5-7(13)9(6)14-15-10/h3-5H,2H2,1H3. The Morgan fingerprint density at radius 3 is 2.94 bits per heavy atom. The number of fused-ring (bicyclic) bond motifs is 1. The number of benzene rings is 1. The van der Waals surface area contributed by atoms with Crippen LogP contribution in [0.1, 0.15) is 17.4 Å². The van der Waals surface area contributed by atoms with Crippen molar-refractivity contribution in [3.05, 3.63) is 34.7 Å². The molecule has 0 fully saturated rings. The van der Waals surface area contributed by atoms with Crippen molar-refractivity contribution in [1.82, 2.24) is 10.2 Å². The summed E-state index contributed by atoms with van der Waals surface area (Å²) < 4.78 is 18.1. The van der Waals surface area contributed by atoms with Gasteiger partial charge in [-0.3, -0.25) is 0 Å². The number of carbonyl (C=O) groups is 1. The summed E-state index contributed by atoms with van der Waals surface area (Å²) >= 11 is 5.97. The van der Waals surface area contributed by atoms with Crippen molar-refractivity contribution in [2.75, 3.05) is 6.61 Å². The third-order valence-corrected chi connectivity index (χ3v) is 2.53. The van der Waals surface area contributed by atoms with E-state index in [1.165, 1.54) is 12.1 Å². The molecule has 0 radical (unpaired) electrons. The van der Waals surface area contributed by atoms with Gasteiger partial charge in [-0.15, -0.1) is 10.2 Å². The van der Waals surface area contributed by atoms with Crippen molar-refractivity contribution in [3.63, 3.8) is 0 Å². The molecule has 2 aromatic rings. The van der Waals surface area contributed by atoms with Gasteiger partial charge in [-0.1, -0.05) is 23.7 Å². The van der Waals surface area contributed by atoms with Crippen molar-refractivity contribution in [2.24, 2.45) is 0 Å². The molecular formula is C11H8ClFN2O2. The molecule has 17 heavy (non-hydrogen) atoms. The van der Waals surface area contributed by atoms with Crippen LogP contribution in [-0.4, -0.2) is 22.8 Å². The van der Waals surface area contributed by atoms with E-state index >= 15 is 0 Å². The van der Waals surface area contributed by atoms with E-state index in [0.717, 1.165) is 0 Å². The maximum Gasteiger partial charge on any atom is 0.360 e. The van der Waals surface area contributed by atoms with Crippen LogP contribution in [-0.2, 0) is 4.74 Å². The summed E-state index contributed by atoms with van der Waals surface area (Å²) in [4.78, 5) is 11.5. The molecule has 0 amide bonds. The van der Waals surface area contributed by atoms with Gasteiger partial charge in [-0.05, 0) is 13.0 Å². The molecule has 0 unspecified atom stereocenters. The number of rotatable bonds is 2. The highest BCUT2D eigenvalue weighted by Gasteiger charge is 2.18. The molecule has 0 saturated heterocycles. The topological polar surface area (TPSA) is 52.1 Å². The Morgan fingerprint density at radius 1 is 1.47 bits per heavy atom. The van der Waals surface area contributed by atoms with Gasteiger partial charge in [0.25, 0.3) is 0 Å². The summed E-state index contributed by atoms with van der Waals surface area (Å²) in [5, 5.41) is 7.61.